The molecule has 8 aliphatic rings. The van der Waals surface area contributed by atoms with Crippen molar-refractivity contribution in [3.8, 4) is 23.0 Å². The average molecular weight is 2030 g/mol. The van der Waals surface area contributed by atoms with Crippen molar-refractivity contribution in [2.45, 2.75) is 190 Å². The minimum Gasteiger partial charge on any atom is -0.496 e. The largest absolute Gasteiger partial charge is 0.496 e. The molecule has 8 aromatic carbocycles. The summed E-state index contributed by atoms with van der Waals surface area (Å²) < 4.78 is 118. The first-order valence-electron chi connectivity index (χ1n) is 53.7. The van der Waals surface area contributed by atoms with Crippen molar-refractivity contribution in [3.63, 3.8) is 0 Å². The van der Waals surface area contributed by atoms with Crippen molar-refractivity contribution in [2.75, 3.05) is 247 Å². The highest BCUT2D eigenvalue weighted by molar-refractivity contribution is 5.96. The van der Waals surface area contributed by atoms with E-state index in [-0.39, 0.29) is 43.9 Å². The summed E-state index contributed by atoms with van der Waals surface area (Å²) in [5.74, 6) is 11.1. The zero-order chi connectivity index (χ0) is 104. The van der Waals surface area contributed by atoms with E-state index >= 15 is 0 Å². The number of para-hydroxylation sites is 4. The van der Waals surface area contributed by atoms with Gasteiger partial charge in [0.25, 0.3) is 0 Å². The van der Waals surface area contributed by atoms with Crippen molar-refractivity contribution in [3.05, 3.63) is 215 Å². The molecular formula is C117H150F6N18O7. The molecule has 2 atom stereocenters. The SMILES string of the molecule is CCC(C)c1nc(N2CCC(c3ccccc3OC)CC2)c2cc(N(C)CCN3CCOCC3)ccc2n1.CCCN(C)c1ccc2nc(C(C)CC)nc(N3CCC(c4ccccc4OC)CC3)c2c1.COc1ccccc1C1CCN(c2nc(C3(C(F)(F)F)CC3)nc3ccc(N(C)CCN4CCOCC4)cc23)CC1.COc1ccccc1C1CCN(c2nc(C3(C(F)(F)F)CC3)nc3ccc(N(C)CCO)cc23)CC1. The van der Waals surface area contributed by atoms with Crippen LogP contribution in [0.1, 0.15) is 212 Å². The van der Waals surface area contributed by atoms with Gasteiger partial charge in [0.15, 0.2) is 0 Å². The molecule has 10 heterocycles. The molecule has 12 aromatic rings. The number of morpholine rings is 2. The van der Waals surface area contributed by atoms with Crippen molar-refractivity contribution >= 4 is 89.6 Å². The van der Waals surface area contributed by atoms with Crippen LogP contribution in [-0.2, 0) is 20.3 Å². The number of rotatable bonds is 32. The fourth-order valence-corrected chi connectivity index (χ4v) is 22.0. The molecule has 4 aromatic heterocycles. The van der Waals surface area contributed by atoms with Crippen LogP contribution < -0.4 is 58.1 Å². The molecule has 148 heavy (non-hydrogen) atoms. The van der Waals surface area contributed by atoms with Gasteiger partial charge in [0.05, 0.1) is 83.5 Å². The van der Waals surface area contributed by atoms with Gasteiger partial charge in [-0.05, 0) is 239 Å². The molecule has 25 nitrogen and oxygen atoms in total. The summed E-state index contributed by atoms with van der Waals surface area (Å²) >= 11 is 0. The summed E-state index contributed by atoms with van der Waals surface area (Å²) in [7, 11) is 15.2. The molecule has 2 unspecified atom stereocenters. The van der Waals surface area contributed by atoms with Crippen LogP contribution >= 0.6 is 0 Å². The van der Waals surface area contributed by atoms with Crippen LogP contribution in [0.15, 0.2) is 170 Å². The summed E-state index contributed by atoms with van der Waals surface area (Å²) in [6.07, 6.45) is 2.37. The number of ether oxygens (including phenoxy) is 6. The molecule has 2 aliphatic carbocycles. The number of alkyl halides is 6. The lowest BCUT2D eigenvalue weighted by molar-refractivity contribution is -0.163. The lowest BCUT2D eigenvalue weighted by Gasteiger charge is -2.34. The van der Waals surface area contributed by atoms with Gasteiger partial charge in [-0.2, -0.15) is 26.3 Å². The van der Waals surface area contributed by atoms with Crippen molar-refractivity contribution in [1.29, 1.82) is 0 Å². The topological polar surface area (TPSA) is 211 Å². The highest BCUT2D eigenvalue weighted by Crippen LogP contribution is 2.60. The van der Waals surface area contributed by atoms with Crippen LogP contribution in [0.25, 0.3) is 43.6 Å². The number of hydrogen-bond acceptors (Lipinski definition) is 25. The van der Waals surface area contributed by atoms with Crippen LogP contribution in [0.5, 0.6) is 23.0 Å². The number of benzene rings is 8. The van der Waals surface area contributed by atoms with Gasteiger partial charge in [-0.15, -0.1) is 0 Å². The predicted octanol–water partition coefficient (Wildman–Crippen LogP) is 22.1. The lowest BCUT2D eigenvalue weighted by atomic mass is 9.88. The monoisotopic (exact) mass is 2030 g/mol. The second-order valence-electron chi connectivity index (χ2n) is 41.5. The Kier molecular flexibility index (Phi) is 35.1. The van der Waals surface area contributed by atoms with E-state index in [4.69, 9.17) is 53.3 Å². The highest BCUT2D eigenvalue weighted by Gasteiger charge is 2.68. The maximum absolute atomic E-state index is 14.2. The molecule has 1 N–H and O–H groups in total. The highest BCUT2D eigenvalue weighted by atomic mass is 19.4. The Bertz CT molecular complexity index is 6410. The normalized spacial score (nSPS) is 18.0. The molecule has 6 aliphatic heterocycles. The molecule has 0 amide bonds. The third kappa shape index (κ3) is 24.4. The Labute approximate surface area is 869 Å². The van der Waals surface area contributed by atoms with Crippen LogP contribution in [0.2, 0.25) is 0 Å². The third-order valence-electron chi connectivity index (χ3n) is 32.2. The van der Waals surface area contributed by atoms with E-state index in [1.807, 2.05) is 84.7 Å². The third-order valence-corrected chi connectivity index (χ3v) is 32.2. The minimum atomic E-state index is -4.38. The number of piperidine rings is 4. The Hall–Kier alpha value is -11.9. The molecule has 20 rings (SSSR count). The smallest absolute Gasteiger partial charge is 0.401 e. The number of anilines is 8. The fourth-order valence-electron chi connectivity index (χ4n) is 22.0. The van der Waals surface area contributed by atoms with E-state index in [0.29, 0.717) is 90.9 Å². The Balaban J connectivity index is 0.000000135. The maximum Gasteiger partial charge on any atom is 0.401 e. The number of likely N-dealkylation sites (N-methyl/N-ethyl adjacent to an activating group) is 3. The van der Waals surface area contributed by atoms with Gasteiger partial charge in [-0.25, -0.2) is 39.9 Å². The summed E-state index contributed by atoms with van der Waals surface area (Å²) in [6.45, 7) is 30.1. The van der Waals surface area contributed by atoms with Crippen LogP contribution in [-0.4, -0.2) is 275 Å². The number of aliphatic hydroxyl groups is 1. The number of methoxy groups -OCH3 is 4. The van der Waals surface area contributed by atoms with E-state index in [0.717, 1.165) is 273 Å². The summed E-state index contributed by atoms with van der Waals surface area (Å²) in [4.78, 5) is 61.4. The zero-order valence-corrected chi connectivity index (χ0v) is 88.7. The standard InChI is InChI=1S/C31H38F3N5O2.C31H43N5O2.C28H38N4O.C27H31F3N4O2/c1-37(15-16-38-17-19-41-20-18-38)23-7-8-26-25(21-23)28(36-29(35-26)30(11-12-30)31(32,33)34)39-13-9-22(10-14-39)24-5-3-4-6-27(24)40-2;1-5-23(2)30-32-28-11-10-25(34(3)16-17-35-18-20-38-21-19-35)22-27(28)31(33-30)36-14-12-24(13-15-36)26-8-6-7-9-29(26)37-4;1-6-16-31(4)22-12-13-25-24(19-22)28(30-27(29-25)20(3)7-2)32-17-14-21(15-18-32)23-10-8-9-11-26(23)33-5;1-33(15-16-35)19-7-8-22-21(17-19)24(32-25(31-22)26(11-12-26)27(28,29)30)34-13-9-18(10-14-34)20-5-3-4-6-23(20)36-2/h3-8,21-22H,9-20H2,1-2H3;6-11,22-24H,5,12-21H2,1-4H3;8-13,19-21H,6-7,14-18H2,1-5H3;3-8,17-18,35H,9-16H2,1-2H3. The molecule has 2 saturated carbocycles. The van der Waals surface area contributed by atoms with Crippen LogP contribution in [0.4, 0.5) is 72.4 Å². The van der Waals surface area contributed by atoms with Gasteiger partial charge in [0.2, 0.25) is 0 Å². The first kappa shape index (κ1) is 107. The number of hydrogen-bond donors (Lipinski definition) is 1. The Morgan fingerprint density at radius 2 is 0.615 bits per heavy atom. The fraction of sp³-hybridized carbons (Fsp3) is 0.521. The maximum atomic E-state index is 14.2. The minimum absolute atomic E-state index is 0.00139. The Morgan fingerprint density at radius 3 is 0.872 bits per heavy atom. The van der Waals surface area contributed by atoms with Gasteiger partial charge < -0.3 is 72.7 Å². The van der Waals surface area contributed by atoms with Gasteiger partial charge in [-0.3, -0.25) is 9.80 Å². The number of halogens is 6. The number of nitrogens with zero attached hydrogens (tertiary/aromatic N) is 18. The molecule has 0 spiro atoms. The summed E-state index contributed by atoms with van der Waals surface area (Å²) in [6, 6.07) is 57.8. The molecule has 0 bridgehead atoms. The molecule has 792 valence electrons. The second-order valence-corrected chi connectivity index (χ2v) is 41.5. The van der Waals surface area contributed by atoms with E-state index in [1.165, 1.54) is 33.5 Å². The van der Waals surface area contributed by atoms with Crippen LogP contribution in [0, 0.1) is 0 Å². The van der Waals surface area contributed by atoms with Crippen molar-refractivity contribution in [1.82, 2.24) is 49.7 Å². The lowest BCUT2D eigenvalue weighted by Crippen LogP contribution is -2.40. The second kappa shape index (κ2) is 48.4. The molecule has 31 heteroatoms. The summed E-state index contributed by atoms with van der Waals surface area (Å²) in [5.41, 5.74) is 8.61. The summed E-state index contributed by atoms with van der Waals surface area (Å²) in [5, 5.41) is 13.2. The molecule has 8 fully saturated rings. The quantitative estimate of drug-likeness (QED) is 0.0388. The van der Waals surface area contributed by atoms with Gasteiger partial charge >= 0.3 is 12.4 Å². The van der Waals surface area contributed by atoms with E-state index < -0.39 is 23.2 Å². The predicted molar refractivity (Wildman–Crippen MR) is 583 cm³/mol. The first-order chi connectivity index (χ1) is 71.7. The zero-order valence-electron chi connectivity index (χ0n) is 88.7. The Morgan fingerprint density at radius 1 is 0.351 bits per heavy atom. The molecule has 6 saturated heterocycles. The van der Waals surface area contributed by atoms with E-state index in [1.54, 1.807) is 34.5 Å². The van der Waals surface area contributed by atoms with Gasteiger partial charge in [-0.1, -0.05) is 107 Å². The number of aromatic nitrogens is 8. The number of aliphatic hydroxyl groups excluding tert-OH is 1. The molecule has 0 radical (unpaired) electrons. The van der Waals surface area contributed by atoms with Crippen molar-refractivity contribution < 1.29 is 59.9 Å². The first-order valence-corrected chi connectivity index (χ1v) is 53.7. The van der Waals surface area contributed by atoms with E-state index in [2.05, 4.69) is 206 Å². The van der Waals surface area contributed by atoms with Gasteiger partial charge in [0, 0.05) is 202 Å². The van der Waals surface area contributed by atoms with E-state index in [9.17, 15) is 31.4 Å². The number of fused-ring (bicyclic) bond motifs is 4. The van der Waals surface area contributed by atoms with Gasteiger partial charge in [0.1, 0.15) is 80.4 Å². The average Bonchev–Trinajstić information content (AvgIpc) is 1.57. The molecular weight excluding hydrogens is 1880 g/mol. The van der Waals surface area contributed by atoms with Crippen LogP contribution in [0.3, 0.4) is 0 Å². The van der Waals surface area contributed by atoms with Crippen molar-refractivity contribution in [2.24, 2.45) is 0 Å².